The summed E-state index contributed by atoms with van der Waals surface area (Å²) in [5.41, 5.74) is 0.888. The molecule has 28 heavy (non-hydrogen) atoms. The third kappa shape index (κ3) is 2.12. The summed E-state index contributed by atoms with van der Waals surface area (Å²) in [6.07, 6.45) is 2.69. The van der Waals surface area contributed by atoms with Crippen molar-refractivity contribution in [1.82, 2.24) is 0 Å². The zero-order chi connectivity index (χ0) is 19.4. The highest BCUT2D eigenvalue weighted by Crippen LogP contribution is 2.42. The van der Waals surface area contributed by atoms with E-state index in [-0.39, 0.29) is 11.6 Å². The third-order valence-corrected chi connectivity index (χ3v) is 5.40. The predicted molar refractivity (Wildman–Crippen MR) is 110 cm³/mol. The number of carbonyl (C=O) groups excluding carboxylic acids is 2. The summed E-state index contributed by atoms with van der Waals surface area (Å²) in [5, 5.41) is 5.29. The van der Waals surface area contributed by atoms with E-state index in [1.54, 1.807) is 20.3 Å². The van der Waals surface area contributed by atoms with Gasteiger partial charge >= 0.3 is 0 Å². The van der Waals surface area contributed by atoms with Gasteiger partial charge in [-0.25, -0.2) is 0 Å². The molecular weight excluding hydrogens is 352 g/mol. The minimum Gasteiger partial charge on any atom is -0.496 e. The lowest BCUT2D eigenvalue weighted by molar-refractivity contribution is 0.0995. The number of rotatable bonds is 2. The van der Waals surface area contributed by atoms with Gasteiger partial charge in [-0.2, -0.15) is 0 Å². The summed E-state index contributed by atoms with van der Waals surface area (Å²) in [5.74, 6) is 1.10. The van der Waals surface area contributed by atoms with Crippen LogP contribution in [-0.4, -0.2) is 25.8 Å². The highest BCUT2D eigenvalue weighted by molar-refractivity contribution is 6.33. The number of fused-ring (bicyclic) bond motifs is 7. The first-order chi connectivity index (χ1) is 13.6. The van der Waals surface area contributed by atoms with Gasteiger partial charge < -0.3 is 9.47 Å². The number of hydrogen-bond donors (Lipinski definition) is 0. The third-order valence-electron chi connectivity index (χ3n) is 5.40. The molecule has 4 heteroatoms. The molecule has 4 aromatic carbocycles. The molecule has 0 spiro atoms. The van der Waals surface area contributed by atoms with Crippen molar-refractivity contribution in [3.63, 3.8) is 0 Å². The van der Waals surface area contributed by atoms with Crippen LogP contribution >= 0.6 is 0 Å². The number of carbonyl (C=O) groups is 2. The van der Waals surface area contributed by atoms with Gasteiger partial charge in [0, 0.05) is 32.7 Å². The molecule has 0 heterocycles. The van der Waals surface area contributed by atoms with Crippen LogP contribution in [0.4, 0.5) is 0 Å². The summed E-state index contributed by atoms with van der Waals surface area (Å²) in [4.78, 5) is 25.2. The molecule has 0 aliphatic heterocycles. The molecule has 0 saturated carbocycles. The molecule has 0 radical (unpaired) electrons. The Labute approximate surface area is 161 Å². The molecule has 4 nitrogen and oxygen atoms in total. The van der Waals surface area contributed by atoms with E-state index >= 15 is 0 Å². The fraction of sp³-hybridized carbons (Fsp3) is 0.0833. The minimum atomic E-state index is -0.161. The van der Waals surface area contributed by atoms with E-state index in [1.807, 2.05) is 42.5 Å². The van der Waals surface area contributed by atoms with Crippen LogP contribution in [-0.2, 0) is 0 Å². The van der Waals surface area contributed by atoms with Crippen LogP contribution in [0.25, 0.3) is 32.3 Å². The second-order valence-corrected chi connectivity index (χ2v) is 6.77. The Hall–Kier alpha value is -3.66. The van der Waals surface area contributed by atoms with E-state index < -0.39 is 0 Å². The molecule has 136 valence electrons. The van der Waals surface area contributed by atoms with Crippen LogP contribution in [0.5, 0.6) is 11.5 Å². The maximum Gasteiger partial charge on any atom is 0.187 e. The van der Waals surface area contributed by atoms with Crippen molar-refractivity contribution in [1.29, 1.82) is 0 Å². The van der Waals surface area contributed by atoms with Gasteiger partial charge in [0.05, 0.1) is 14.2 Å². The molecular formula is C24H16O4. The van der Waals surface area contributed by atoms with Crippen molar-refractivity contribution in [3.05, 3.63) is 71.8 Å². The summed E-state index contributed by atoms with van der Waals surface area (Å²) in [6, 6.07) is 15.3. The monoisotopic (exact) mass is 368 g/mol. The van der Waals surface area contributed by atoms with Crippen molar-refractivity contribution in [3.8, 4) is 11.5 Å². The molecule has 5 rings (SSSR count). The van der Waals surface area contributed by atoms with Crippen molar-refractivity contribution >= 4 is 43.9 Å². The van der Waals surface area contributed by atoms with Gasteiger partial charge in [0.25, 0.3) is 0 Å². The lowest BCUT2D eigenvalue weighted by atomic mass is 9.86. The highest BCUT2D eigenvalue weighted by Gasteiger charge is 2.24. The van der Waals surface area contributed by atoms with Crippen molar-refractivity contribution in [2.75, 3.05) is 14.2 Å². The molecule has 0 bridgehead atoms. The molecule has 0 unspecified atom stereocenters. The molecule has 4 aromatic rings. The molecule has 0 atom stereocenters. The Balaban J connectivity index is 2.12. The second kappa shape index (κ2) is 5.92. The number of hydrogen-bond acceptors (Lipinski definition) is 4. The van der Waals surface area contributed by atoms with Gasteiger partial charge in [-0.05, 0) is 47.2 Å². The second-order valence-electron chi connectivity index (χ2n) is 6.77. The lowest BCUT2D eigenvalue weighted by Crippen LogP contribution is -2.12. The smallest absolute Gasteiger partial charge is 0.187 e. The maximum atomic E-state index is 12.8. The molecule has 0 N–H and O–H groups in total. The standard InChI is InChI=1S/C24H16O4/c1-27-19-11-12-20(28-2)24-16(19)8-6-14-4-3-13-5-7-15-17(25)9-10-18(26)23(15)21(13)22(14)24/h3-12H,1-2H3. The van der Waals surface area contributed by atoms with Gasteiger partial charge in [-0.3, -0.25) is 9.59 Å². The van der Waals surface area contributed by atoms with E-state index in [0.717, 1.165) is 38.1 Å². The van der Waals surface area contributed by atoms with E-state index in [1.165, 1.54) is 12.2 Å². The fourth-order valence-electron chi connectivity index (χ4n) is 4.15. The Morgan fingerprint density at radius 2 is 1.21 bits per heavy atom. The highest BCUT2D eigenvalue weighted by atomic mass is 16.5. The molecule has 0 amide bonds. The van der Waals surface area contributed by atoms with E-state index in [9.17, 15) is 9.59 Å². The first-order valence-corrected chi connectivity index (χ1v) is 8.94. The van der Waals surface area contributed by atoms with Crippen LogP contribution in [0.3, 0.4) is 0 Å². The largest absolute Gasteiger partial charge is 0.496 e. The first kappa shape index (κ1) is 16.5. The van der Waals surface area contributed by atoms with Crippen LogP contribution in [0.1, 0.15) is 20.7 Å². The zero-order valence-electron chi connectivity index (χ0n) is 15.4. The van der Waals surface area contributed by atoms with Gasteiger partial charge in [0.15, 0.2) is 11.6 Å². The van der Waals surface area contributed by atoms with Gasteiger partial charge in [-0.15, -0.1) is 0 Å². The predicted octanol–water partition coefficient (Wildman–Crippen LogP) is 5.10. The summed E-state index contributed by atoms with van der Waals surface area (Å²) in [6.45, 7) is 0. The van der Waals surface area contributed by atoms with Gasteiger partial charge in [-0.1, -0.05) is 24.3 Å². The SMILES string of the molecule is COc1ccc(OC)c2c1ccc1ccc3ccc4c(c3c12)C(=O)C=CC4=O. The summed E-state index contributed by atoms with van der Waals surface area (Å²) in [7, 11) is 3.25. The molecule has 1 aliphatic rings. The molecule has 0 saturated heterocycles. The van der Waals surface area contributed by atoms with Crippen molar-refractivity contribution in [2.24, 2.45) is 0 Å². The summed E-state index contributed by atoms with van der Waals surface area (Å²) < 4.78 is 11.2. The fourth-order valence-corrected chi connectivity index (χ4v) is 4.15. The van der Waals surface area contributed by atoms with Crippen molar-refractivity contribution in [2.45, 2.75) is 0 Å². The van der Waals surface area contributed by atoms with Crippen LogP contribution in [0.2, 0.25) is 0 Å². The van der Waals surface area contributed by atoms with Crippen LogP contribution in [0.15, 0.2) is 60.7 Å². The Bertz CT molecular complexity index is 1360. The van der Waals surface area contributed by atoms with Gasteiger partial charge in [0.1, 0.15) is 11.5 Å². The number of allylic oxidation sites excluding steroid dienone is 2. The molecule has 1 aliphatic carbocycles. The average molecular weight is 368 g/mol. The van der Waals surface area contributed by atoms with E-state index in [4.69, 9.17) is 9.47 Å². The van der Waals surface area contributed by atoms with Gasteiger partial charge in [0.2, 0.25) is 0 Å². The van der Waals surface area contributed by atoms with Crippen molar-refractivity contribution < 1.29 is 19.1 Å². The summed E-state index contributed by atoms with van der Waals surface area (Å²) >= 11 is 0. The van der Waals surface area contributed by atoms with E-state index in [2.05, 4.69) is 0 Å². The Kier molecular flexibility index (Phi) is 3.49. The number of ether oxygens (including phenoxy) is 2. The number of methoxy groups -OCH3 is 2. The first-order valence-electron chi connectivity index (χ1n) is 8.94. The molecule has 0 aromatic heterocycles. The van der Waals surface area contributed by atoms with Crippen LogP contribution in [0, 0.1) is 0 Å². The normalized spacial score (nSPS) is 13.4. The number of ketones is 2. The van der Waals surface area contributed by atoms with E-state index in [0.29, 0.717) is 16.9 Å². The Morgan fingerprint density at radius 1 is 0.607 bits per heavy atom. The lowest BCUT2D eigenvalue weighted by Gasteiger charge is -2.17. The topological polar surface area (TPSA) is 52.6 Å². The maximum absolute atomic E-state index is 12.8. The van der Waals surface area contributed by atoms with Crippen LogP contribution < -0.4 is 9.47 Å². The minimum absolute atomic E-state index is 0.154. The average Bonchev–Trinajstić information content (AvgIpc) is 2.74. The number of benzene rings is 4. The quantitative estimate of drug-likeness (QED) is 0.462. The Morgan fingerprint density at radius 3 is 1.96 bits per heavy atom. The zero-order valence-corrected chi connectivity index (χ0v) is 15.4. The molecule has 0 fully saturated rings.